The second kappa shape index (κ2) is 10.9. The molecule has 1 N–H and O–H groups in total. The Hall–Kier alpha value is -3.39. The monoisotopic (exact) mass is 640 g/mol. The van der Waals surface area contributed by atoms with E-state index in [1.807, 2.05) is 4.90 Å². The number of likely N-dealkylation sites (tertiary alicyclic amines) is 1. The third-order valence-corrected chi connectivity index (χ3v) is 10.3. The highest BCUT2D eigenvalue weighted by Crippen LogP contribution is 2.60. The van der Waals surface area contributed by atoms with Crippen LogP contribution in [0.2, 0.25) is 0 Å². The molecule has 1 aliphatic carbocycles. The molecule has 2 unspecified atom stereocenters. The highest BCUT2D eigenvalue weighted by Gasteiger charge is 2.62. The van der Waals surface area contributed by atoms with Gasteiger partial charge in [-0.05, 0) is 81.3 Å². The van der Waals surface area contributed by atoms with Crippen LogP contribution in [0.3, 0.4) is 0 Å². The van der Waals surface area contributed by atoms with Gasteiger partial charge in [-0.1, -0.05) is 36.4 Å². The van der Waals surface area contributed by atoms with Gasteiger partial charge in [-0.3, -0.25) is 4.90 Å². The van der Waals surface area contributed by atoms with Crippen molar-refractivity contribution in [1.29, 1.82) is 0 Å². The van der Waals surface area contributed by atoms with E-state index in [1.165, 1.54) is 24.3 Å². The Labute approximate surface area is 250 Å². The van der Waals surface area contributed by atoms with Gasteiger partial charge in [-0.2, -0.15) is 31.3 Å². The van der Waals surface area contributed by atoms with Crippen molar-refractivity contribution in [2.75, 3.05) is 24.4 Å². The first-order valence-electron chi connectivity index (χ1n) is 14.3. The van der Waals surface area contributed by atoms with Crippen LogP contribution in [-0.4, -0.2) is 55.2 Å². The van der Waals surface area contributed by atoms with Crippen LogP contribution in [0.5, 0.6) is 5.88 Å². The summed E-state index contributed by atoms with van der Waals surface area (Å²) in [6.07, 6.45) is -8.42. The summed E-state index contributed by atoms with van der Waals surface area (Å²) in [5.41, 5.74) is -2.27. The zero-order valence-corrected chi connectivity index (χ0v) is 24.5. The van der Waals surface area contributed by atoms with Crippen molar-refractivity contribution in [1.82, 2.24) is 14.9 Å². The number of hydrogen-bond acceptors (Lipinski definition) is 6. The molecule has 0 radical (unpaired) electrons. The Kier molecular flexibility index (Phi) is 7.59. The van der Waals surface area contributed by atoms with E-state index in [0.717, 1.165) is 0 Å². The van der Waals surface area contributed by atoms with Gasteiger partial charge in [0.25, 0.3) is 10.0 Å². The van der Waals surface area contributed by atoms with Crippen molar-refractivity contribution in [3.8, 4) is 17.1 Å². The number of rotatable bonds is 4. The Morgan fingerprint density at radius 2 is 1.80 bits per heavy atom. The molecule has 1 saturated carbocycles. The van der Waals surface area contributed by atoms with E-state index in [-0.39, 0.29) is 48.8 Å². The van der Waals surface area contributed by atoms with Crippen LogP contribution in [0.1, 0.15) is 54.7 Å². The van der Waals surface area contributed by atoms with Crippen LogP contribution in [0.15, 0.2) is 53.4 Å². The van der Waals surface area contributed by atoms with Gasteiger partial charge in [0.1, 0.15) is 12.2 Å². The number of halogens is 6. The Balaban J connectivity index is 1.45. The van der Waals surface area contributed by atoms with Gasteiger partial charge in [0, 0.05) is 11.6 Å². The molecule has 1 aromatic heterocycles. The molecule has 44 heavy (non-hydrogen) atoms. The maximum absolute atomic E-state index is 14.7. The van der Waals surface area contributed by atoms with Gasteiger partial charge >= 0.3 is 12.4 Å². The predicted octanol–water partition coefficient (Wildman–Crippen LogP) is 6.94. The molecule has 6 rings (SSSR count). The zero-order chi connectivity index (χ0) is 31.5. The van der Waals surface area contributed by atoms with Crippen molar-refractivity contribution >= 4 is 16.0 Å². The van der Waals surface area contributed by atoms with E-state index in [1.54, 1.807) is 31.2 Å². The minimum absolute atomic E-state index is 0.0583. The number of sulfonamides is 1. The molecule has 0 spiro atoms. The lowest BCUT2D eigenvalue weighted by Crippen LogP contribution is -2.46. The van der Waals surface area contributed by atoms with Crippen LogP contribution in [0, 0.1) is 12.3 Å². The fourth-order valence-electron chi connectivity index (χ4n) is 6.22. The lowest BCUT2D eigenvalue weighted by Gasteiger charge is -2.40. The van der Waals surface area contributed by atoms with E-state index in [9.17, 15) is 34.8 Å². The maximum Gasteiger partial charge on any atom is 0.423 e. The normalized spacial score (nSPS) is 22.9. The number of nitrogens with zero attached hydrogens (tertiary/aromatic N) is 3. The van der Waals surface area contributed by atoms with Crippen molar-refractivity contribution in [3.05, 3.63) is 65.2 Å². The molecule has 7 nitrogen and oxygen atoms in total. The molecular weight excluding hydrogens is 610 g/mol. The highest BCUT2D eigenvalue weighted by molar-refractivity contribution is 7.92. The number of aryl methyl sites for hydroxylation is 1. The van der Waals surface area contributed by atoms with E-state index in [0.29, 0.717) is 30.5 Å². The van der Waals surface area contributed by atoms with E-state index >= 15 is 0 Å². The fourth-order valence-corrected chi connectivity index (χ4v) is 7.22. The fraction of sp³-hybridized carbons (Fsp3) is 0.467. The van der Waals surface area contributed by atoms with Crippen LogP contribution in [0.4, 0.5) is 32.3 Å². The van der Waals surface area contributed by atoms with E-state index in [4.69, 9.17) is 4.74 Å². The predicted molar refractivity (Wildman–Crippen MR) is 150 cm³/mol. The SMILES string of the molecule is Cc1ccccc1-c1nc2nc(c1C(F)(F)F)OCC1CC(CCN1CCC1(C(F)(F)F)CC1)c1cccc(c1)S(=O)(=O)N2. The van der Waals surface area contributed by atoms with E-state index < -0.39 is 56.9 Å². The first-order valence-corrected chi connectivity index (χ1v) is 15.8. The summed E-state index contributed by atoms with van der Waals surface area (Å²) in [4.78, 5) is 9.67. The summed E-state index contributed by atoms with van der Waals surface area (Å²) in [5.74, 6) is -1.64. The molecule has 236 valence electrons. The average molecular weight is 641 g/mol. The third-order valence-electron chi connectivity index (χ3n) is 9.01. The summed E-state index contributed by atoms with van der Waals surface area (Å²) in [7, 11) is -4.31. The summed E-state index contributed by atoms with van der Waals surface area (Å²) >= 11 is 0. The molecule has 6 bridgehead atoms. The lowest BCUT2D eigenvalue weighted by atomic mass is 9.85. The highest BCUT2D eigenvalue weighted by atomic mass is 32.2. The zero-order valence-electron chi connectivity index (χ0n) is 23.7. The topological polar surface area (TPSA) is 84.4 Å². The molecule has 14 heteroatoms. The smallest absolute Gasteiger partial charge is 0.423 e. The van der Waals surface area contributed by atoms with Crippen molar-refractivity contribution in [2.24, 2.45) is 5.41 Å². The standard InChI is InChI=1S/C30H30F6N4O3S/c1-18-5-2-3-8-23(18)25-24(29(31,32)33)26-38-27(37-25)39-44(41,42)22-7-4-6-19(16-22)20-9-13-40(21(15-20)17-43-26)14-12-28(10-11-28)30(34,35)36/h2-8,16,20-21H,9-15,17H2,1H3,(H,37,38,39). The molecule has 3 aromatic rings. The average Bonchev–Trinajstić information content (AvgIpc) is 3.76. The molecular formula is C30H30F6N4O3S. The quantitative estimate of drug-likeness (QED) is 0.311. The van der Waals surface area contributed by atoms with Gasteiger partial charge in [0.2, 0.25) is 11.8 Å². The largest absolute Gasteiger partial charge is 0.475 e. The number of ether oxygens (including phenoxy) is 1. The number of benzene rings is 2. The van der Waals surface area contributed by atoms with Crippen molar-refractivity contribution in [3.63, 3.8) is 0 Å². The number of anilines is 1. The summed E-state index contributed by atoms with van der Waals surface area (Å²) in [5, 5.41) is 0. The second-order valence-electron chi connectivity index (χ2n) is 11.8. The van der Waals surface area contributed by atoms with Gasteiger partial charge in [-0.25, -0.2) is 18.1 Å². The molecule has 2 aliphatic heterocycles. The number of alkyl halides is 6. The second-order valence-corrected chi connectivity index (χ2v) is 13.5. The number of hydrogen-bond donors (Lipinski definition) is 1. The number of nitrogens with one attached hydrogen (secondary N) is 1. The summed E-state index contributed by atoms with van der Waals surface area (Å²) in [6.45, 7) is 1.78. The van der Waals surface area contributed by atoms with Crippen LogP contribution in [-0.2, 0) is 16.2 Å². The molecule has 3 heterocycles. The molecule has 2 atom stereocenters. The Morgan fingerprint density at radius 3 is 2.48 bits per heavy atom. The number of piperidine rings is 1. The van der Waals surface area contributed by atoms with Crippen molar-refractivity contribution in [2.45, 2.75) is 68.2 Å². The molecule has 0 amide bonds. The molecule has 2 aromatic carbocycles. The minimum atomic E-state index is -4.98. The van der Waals surface area contributed by atoms with Crippen LogP contribution in [0.25, 0.3) is 11.3 Å². The lowest BCUT2D eigenvalue weighted by molar-refractivity contribution is -0.190. The summed E-state index contributed by atoms with van der Waals surface area (Å²) < 4.78 is 120. The first-order chi connectivity index (χ1) is 20.7. The van der Waals surface area contributed by atoms with Gasteiger partial charge in [0.15, 0.2) is 0 Å². The number of aromatic nitrogens is 2. The summed E-state index contributed by atoms with van der Waals surface area (Å²) in [6, 6.07) is 11.9. The minimum Gasteiger partial charge on any atom is -0.475 e. The number of fused-ring (bicyclic) bond motifs is 7. The molecule has 3 aliphatic rings. The van der Waals surface area contributed by atoms with Crippen molar-refractivity contribution < 1.29 is 39.5 Å². The van der Waals surface area contributed by atoms with Gasteiger partial charge < -0.3 is 4.74 Å². The van der Waals surface area contributed by atoms with Crippen LogP contribution >= 0.6 is 0 Å². The van der Waals surface area contributed by atoms with Gasteiger partial charge in [0.05, 0.1) is 16.0 Å². The molecule has 1 saturated heterocycles. The first kappa shape index (κ1) is 30.6. The van der Waals surface area contributed by atoms with Crippen LogP contribution < -0.4 is 9.46 Å². The Bertz CT molecular complexity index is 1670. The van der Waals surface area contributed by atoms with Gasteiger partial charge in [-0.15, -0.1) is 0 Å². The molecule has 2 fully saturated rings. The Morgan fingerprint density at radius 1 is 1.05 bits per heavy atom. The maximum atomic E-state index is 14.7. The van der Waals surface area contributed by atoms with E-state index in [2.05, 4.69) is 14.7 Å². The third kappa shape index (κ3) is 5.85.